The second-order valence-corrected chi connectivity index (χ2v) is 7.90. The Morgan fingerprint density at radius 3 is 2.68 bits per heavy atom. The fraction of sp³-hybridized carbons (Fsp3) is 0.133. The maximum atomic E-state index is 13.1. The second-order valence-electron chi connectivity index (χ2n) is 5.29. The summed E-state index contributed by atoms with van der Waals surface area (Å²) in [7, 11) is -3.10. The lowest BCUT2D eigenvalue weighted by molar-refractivity contribution is -0.137. The van der Waals surface area contributed by atoms with E-state index in [-0.39, 0.29) is 21.6 Å². The van der Waals surface area contributed by atoms with Gasteiger partial charge in [0.25, 0.3) is 10.0 Å². The maximum Gasteiger partial charge on any atom is 0.416 e. The average molecular weight is 436 g/mol. The van der Waals surface area contributed by atoms with Crippen molar-refractivity contribution < 1.29 is 30.7 Å². The van der Waals surface area contributed by atoms with E-state index >= 15 is 0 Å². The number of methoxy groups -OCH3 is 1. The van der Waals surface area contributed by atoms with Crippen molar-refractivity contribution in [3.8, 4) is 5.75 Å². The highest BCUT2D eigenvalue weighted by Gasteiger charge is 2.33. The first kappa shape index (κ1) is 19.9. The zero-order valence-electron chi connectivity index (χ0n) is 14.0. The van der Waals surface area contributed by atoms with Gasteiger partial charge in [-0.05, 0) is 30.4 Å². The number of benzene rings is 1. The molecule has 1 aromatic carbocycles. The molecule has 0 radical (unpaired) electrons. The Hall–Kier alpha value is -2.80. The molecule has 0 fully saturated rings. The van der Waals surface area contributed by atoms with Crippen molar-refractivity contribution in [2.45, 2.75) is 6.18 Å². The molecule has 1 aromatic heterocycles. The van der Waals surface area contributed by atoms with Crippen LogP contribution in [-0.2, 0) is 16.2 Å². The monoisotopic (exact) mass is 436 g/mol. The first-order valence-electron chi connectivity index (χ1n) is 7.44. The van der Waals surface area contributed by atoms with Gasteiger partial charge in [0.15, 0.2) is 15.3 Å². The van der Waals surface area contributed by atoms with Crippen LogP contribution in [0.2, 0.25) is 0 Å². The molecular formula is C15H12F4N4O3S2. The third-order valence-electron chi connectivity index (χ3n) is 3.48. The van der Waals surface area contributed by atoms with E-state index in [0.717, 1.165) is 36.5 Å². The zero-order chi connectivity index (χ0) is 20.5. The highest BCUT2D eigenvalue weighted by molar-refractivity contribution is 7.96. The molecular weight excluding hydrogens is 424 g/mol. The molecule has 0 spiro atoms. The van der Waals surface area contributed by atoms with Gasteiger partial charge in [-0.2, -0.15) is 26.0 Å². The van der Waals surface area contributed by atoms with E-state index in [1.807, 2.05) is 0 Å². The Bertz CT molecular complexity index is 1050. The first-order chi connectivity index (χ1) is 13.1. The molecule has 28 heavy (non-hydrogen) atoms. The van der Waals surface area contributed by atoms with Crippen molar-refractivity contribution in [2.24, 2.45) is 0 Å². The summed E-state index contributed by atoms with van der Waals surface area (Å²) in [6.07, 6.45) is 0.220. The van der Waals surface area contributed by atoms with Gasteiger partial charge in [-0.25, -0.2) is 9.99 Å². The van der Waals surface area contributed by atoms with Crippen LogP contribution in [0.4, 0.5) is 28.4 Å². The van der Waals surface area contributed by atoms with Crippen LogP contribution in [0.5, 0.6) is 5.75 Å². The summed E-state index contributed by atoms with van der Waals surface area (Å²) in [5.41, 5.74) is 1.69. The van der Waals surface area contributed by atoms with E-state index in [0.29, 0.717) is 11.3 Å². The number of allylic oxidation sites excluding steroid dienone is 2. The number of hydrogen-bond acceptors (Lipinski definition) is 7. The van der Waals surface area contributed by atoms with Gasteiger partial charge in [-0.15, -0.1) is 0 Å². The number of nitrogens with zero attached hydrogens (tertiary/aromatic N) is 2. The lowest BCUT2D eigenvalue weighted by Crippen LogP contribution is -2.40. The molecule has 0 saturated carbocycles. The van der Waals surface area contributed by atoms with Gasteiger partial charge in [-0.3, -0.25) is 4.72 Å². The lowest BCUT2D eigenvalue weighted by atomic mass is 10.1. The molecule has 0 amide bonds. The number of alkyl halides is 3. The number of nitrogens with one attached hydrogen (secondary N) is 2. The van der Waals surface area contributed by atoms with Gasteiger partial charge < -0.3 is 10.2 Å². The van der Waals surface area contributed by atoms with Crippen molar-refractivity contribution in [2.75, 3.05) is 16.8 Å². The van der Waals surface area contributed by atoms with E-state index in [2.05, 4.69) is 15.1 Å². The van der Waals surface area contributed by atoms with E-state index in [9.17, 15) is 26.0 Å². The third-order valence-corrected chi connectivity index (χ3v) is 5.64. The van der Waals surface area contributed by atoms with Crippen LogP contribution in [-0.4, -0.2) is 20.5 Å². The number of thiazole rings is 1. The van der Waals surface area contributed by atoms with Crippen LogP contribution in [0, 0.1) is 5.13 Å². The minimum Gasteiger partial charge on any atom is -0.494 e. The molecule has 13 heteroatoms. The number of hydrazine groups is 1. The molecule has 1 aliphatic heterocycles. The number of sulfonamides is 1. The quantitative estimate of drug-likeness (QED) is 0.699. The molecule has 150 valence electrons. The Labute approximate surface area is 161 Å². The molecule has 2 aromatic rings. The Kier molecular flexibility index (Phi) is 5.21. The average Bonchev–Trinajstić information content (AvgIpc) is 3.04. The first-order valence-corrected chi connectivity index (χ1v) is 9.74. The fourth-order valence-corrected chi connectivity index (χ4v) is 4.22. The topological polar surface area (TPSA) is 83.6 Å². The summed E-state index contributed by atoms with van der Waals surface area (Å²) in [6, 6.07) is 2.62. The molecule has 0 atom stereocenters. The van der Waals surface area contributed by atoms with Crippen LogP contribution in [0.25, 0.3) is 0 Å². The summed E-state index contributed by atoms with van der Waals surface area (Å²) >= 11 is 0.486. The van der Waals surface area contributed by atoms with Crippen molar-refractivity contribution >= 4 is 32.2 Å². The molecule has 3 rings (SSSR count). The normalized spacial score (nSPS) is 14.5. The Balaban J connectivity index is 1.99. The second kappa shape index (κ2) is 7.31. The summed E-state index contributed by atoms with van der Waals surface area (Å²) in [6.45, 7) is 0. The van der Waals surface area contributed by atoms with E-state index in [4.69, 9.17) is 4.74 Å². The van der Waals surface area contributed by atoms with E-state index < -0.39 is 26.9 Å². The van der Waals surface area contributed by atoms with Crippen LogP contribution in [0.1, 0.15) is 5.56 Å². The Morgan fingerprint density at radius 1 is 1.32 bits per heavy atom. The molecule has 2 N–H and O–H groups in total. The van der Waals surface area contributed by atoms with Gasteiger partial charge in [0, 0.05) is 6.20 Å². The third kappa shape index (κ3) is 4.04. The molecule has 0 unspecified atom stereocenters. The number of hydrogen-bond donors (Lipinski definition) is 2. The molecule has 0 bridgehead atoms. The Morgan fingerprint density at radius 2 is 2.07 bits per heavy atom. The van der Waals surface area contributed by atoms with E-state index in [1.165, 1.54) is 18.4 Å². The smallest absolute Gasteiger partial charge is 0.416 e. The van der Waals surface area contributed by atoms with Gasteiger partial charge in [0.05, 0.1) is 18.9 Å². The summed E-state index contributed by atoms with van der Waals surface area (Å²) in [5, 5.41) is -0.226. The minimum absolute atomic E-state index is 0.0156. The number of anilines is 2. The molecule has 0 saturated heterocycles. The summed E-state index contributed by atoms with van der Waals surface area (Å²) < 4.78 is 84.4. The fourth-order valence-electron chi connectivity index (χ4n) is 2.29. The van der Waals surface area contributed by atoms with Crippen LogP contribution < -0.4 is 19.9 Å². The highest BCUT2D eigenvalue weighted by atomic mass is 32.2. The van der Waals surface area contributed by atoms with Gasteiger partial charge in [0.2, 0.25) is 0 Å². The largest absolute Gasteiger partial charge is 0.494 e. The van der Waals surface area contributed by atoms with Crippen molar-refractivity contribution in [1.82, 2.24) is 10.4 Å². The number of rotatable bonds is 5. The predicted molar refractivity (Wildman–Crippen MR) is 95.4 cm³/mol. The zero-order valence-corrected chi connectivity index (χ0v) is 15.6. The number of halogens is 4. The minimum atomic E-state index is -4.59. The van der Waals surface area contributed by atoms with Gasteiger partial charge in [0.1, 0.15) is 11.4 Å². The van der Waals surface area contributed by atoms with Crippen molar-refractivity contribution in [3.63, 3.8) is 0 Å². The van der Waals surface area contributed by atoms with Crippen LogP contribution in [0.15, 0.2) is 47.8 Å². The van der Waals surface area contributed by atoms with Crippen LogP contribution in [0.3, 0.4) is 0 Å². The predicted octanol–water partition coefficient (Wildman–Crippen LogP) is 3.43. The number of aromatic nitrogens is 1. The summed E-state index contributed by atoms with van der Waals surface area (Å²) in [5.74, 6) is -0.209. The number of ether oxygens (including phenoxy) is 1. The van der Waals surface area contributed by atoms with Crippen molar-refractivity contribution in [1.29, 1.82) is 0 Å². The van der Waals surface area contributed by atoms with Crippen LogP contribution >= 0.6 is 11.3 Å². The highest BCUT2D eigenvalue weighted by Crippen LogP contribution is 2.38. The molecule has 1 aliphatic rings. The van der Waals surface area contributed by atoms with E-state index in [1.54, 1.807) is 0 Å². The van der Waals surface area contributed by atoms with Gasteiger partial charge in [-0.1, -0.05) is 11.3 Å². The maximum absolute atomic E-state index is 13.1. The molecule has 7 nitrogen and oxygen atoms in total. The van der Waals surface area contributed by atoms with Crippen molar-refractivity contribution in [3.05, 3.63) is 58.5 Å². The molecule has 0 aliphatic carbocycles. The van der Waals surface area contributed by atoms with Gasteiger partial charge >= 0.3 is 6.18 Å². The lowest BCUT2D eigenvalue weighted by Gasteiger charge is -2.29. The summed E-state index contributed by atoms with van der Waals surface area (Å²) in [4.78, 5) is 3.59. The SMILES string of the molecule is COc1cc(C(F)(F)F)ccc1N1NC=CC=C1S(=O)(=O)Nc1ncc(F)s1. The molecule has 2 heterocycles. The standard InChI is InChI=1S/C15H12F4N4O3S2/c1-26-11-7-9(15(17,18)19)4-5-10(11)23-13(3-2-6-21-23)28(24,25)22-14-20-8-12(16)27-14/h2-8,21H,1H3,(H,20,22).